The second-order valence-corrected chi connectivity index (χ2v) is 8.49. The SMILES string of the molecule is COCCCNC(=O)[C@H]1c2ccccc2C(=O)N(CC(C)C)[C@@H]1c1cccs1. The van der Waals surface area contributed by atoms with E-state index in [4.69, 9.17) is 4.74 Å². The molecule has 0 bridgehead atoms. The number of nitrogens with one attached hydrogen (secondary N) is 1. The van der Waals surface area contributed by atoms with Gasteiger partial charge in [-0.3, -0.25) is 9.59 Å². The van der Waals surface area contributed by atoms with Gasteiger partial charge >= 0.3 is 0 Å². The van der Waals surface area contributed by atoms with E-state index >= 15 is 0 Å². The van der Waals surface area contributed by atoms with Crippen molar-refractivity contribution < 1.29 is 14.3 Å². The molecule has 0 unspecified atom stereocenters. The lowest BCUT2D eigenvalue weighted by molar-refractivity contribution is -0.124. The molecule has 150 valence electrons. The number of hydrogen-bond donors (Lipinski definition) is 1. The van der Waals surface area contributed by atoms with Crippen molar-refractivity contribution in [1.29, 1.82) is 0 Å². The summed E-state index contributed by atoms with van der Waals surface area (Å²) in [4.78, 5) is 29.5. The van der Waals surface area contributed by atoms with Gasteiger partial charge in [-0.2, -0.15) is 0 Å². The molecule has 3 rings (SSSR count). The topological polar surface area (TPSA) is 58.6 Å². The van der Waals surface area contributed by atoms with Crippen LogP contribution >= 0.6 is 11.3 Å². The van der Waals surface area contributed by atoms with Gasteiger partial charge in [-0.15, -0.1) is 11.3 Å². The summed E-state index contributed by atoms with van der Waals surface area (Å²) in [6, 6.07) is 11.2. The van der Waals surface area contributed by atoms with Crippen LogP contribution < -0.4 is 5.32 Å². The van der Waals surface area contributed by atoms with Crippen molar-refractivity contribution in [2.45, 2.75) is 32.2 Å². The molecule has 1 aliphatic heterocycles. The molecule has 1 N–H and O–H groups in total. The highest BCUT2D eigenvalue weighted by Crippen LogP contribution is 2.44. The normalized spacial score (nSPS) is 19.0. The van der Waals surface area contributed by atoms with Crippen molar-refractivity contribution in [3.8, 4) is 0 Å². The Morgan fingerprint density at radius 2 is 2.04 bits per heavy atom. The van der Waals surface area contributed by atoms with E-state index in [0.717, 1.165) is 16.9 Å². The fourth-order valence-electron chi connectivity index (χ4n) is 3.78. The zero-order chi connectivity index (χ0) is 20.1. The number of benzene rings is 1. The van der Waals surface area contributed by atoms with Crippen LogP contribution in [0.25, 0.3) is 0 Å². The molecule has 0 spiro atoms. The van der Waals surface area contributed by atoms with Crippen molar-refractivity contribution in [3.63, 3.8) is 0 Å². The molecule has 5 nitrogen and oxygen atoms in total. The molecule has 2 atom stereocenters. The van der Waals surface area contributed by atoms with Crippen LogP contribution in [0, 0.1) is 5.92 Å². The highest BCUT2D eigenvalue weighted by molar-refractivity contribution is 7.10. The van der Waals surface area contributed by atoms with Crippen molar-refractivity contribution in [3.05, 3.63) is 57.8 Å². The van der Waals surface area contributed by atoms with Crippen LogP contribution in [0.1, 0.15) is 53.0 Å². The van der Waals surface area contributed by atoms with Gasteiger partial charge in [0.1, 0.15) is 0 Å². The van der Waals surface area contributed by atoms with Gasteiger partial charge in [-0.25, -0.2) is 0 Å². The molecule has 2 heterocycles. The first-order valence-corrected chi connectivity index (χ1v) is 10.6. The molecule has 2 aromatic rings. The zero-order valence-corrected chi connectivity index (χ0v) is 17.5. The van der Waals surface area contributed by atoms with Gasteiger partial charge in [0.05, 0.1) is 12.0 Å². The van der Waals surface area contributed by atoms with Gasteiger partial charge in [0.2, 0.25) is 5.91 Å². The summed E-state index contributed by atoms with van der Waals surface area (Å²) >= 11 is 1.60. The first kappa shape index (κ1) is 20.6. The highest BCUT2D eigenvalue weighted by atomic mass is 32.1. The number of nitrogens with zero attached hydrogens (tertiary/aromatic N) is 1. The Bertz CT molecular complexity index is 804. The molecule has 1 aromatic carbocycles. The third-order valence-electron chi connectivity index (χ3n) is 4.94. The minimum Gasteiger partial charge on any atom is -0.385 e. The molecule has 0 saturated carbocycles. The fourth-order valence-corrected chi connectivity index (χ4v) is 4.66. The third kappa shape index (κ3) is 4.28. The number of carbonyl (C=O) groups is 2. The summed E-state index contributed by atoms with van der Waals surface area (Å²) in [5.41, 5.74) is 1.45. The van der Waals surface area contributed by atoms with E-state index in [-0.39, 0.29) is 17.9 Å². The average molecular weight is 401 g/mol. The Kier molecular flexibility index (Phi) is 6.86. The molecule has 1 aliphatic rings. The van der Waals surface area contributed by atoms with Crippen molar-refractivity contribution in [2.24, 2.45) is 5.92 Å². The number of amides is 2. The largest absolute Gasteiger partial charge is 0.385 e. The molecular weight excluding hydrogens is 372 g/mol. The smallest absolute Gasteiger partial charge is 0.254 e. The molecule has 0 radical (unpaired) electrons. The molecular formula is C22H28N2O3S. The number of thiophene rings is 1. The van der Waals surface area contributed by atoms with E-state index in [1.807, 2.05) is 46.7 Å². The second kappa shape index (κ2) is 9.34. The number of fused-ring (bicyclic) bond motifs is 1. The monoisotopic (exact) mass is 400 g/mol. The quantitative estimate of drug-likeness (QED) is 0.685. The lowest BCUT2D eigenvalue weighted by atomic mass is 9.81. The predicted molar refractivity (Wildman–Crippen MR) is 112 cm³/mol. The summed E-state index contributed by atoms with van der Waals surface area (Å²) in [6.45, 7) is 5.97. The molecule has 28 heavy (non-hydrogen) atoms. The lowest BCUT2D eigenvalue weighted by Crippen LogP contribution is -2.48. The Morgan fingerprint density at radius 3 is 2.71 bits per heavy atom. The zero-order valence-electron chi connectivity index (χ0n) is 16.7. The van der Waals surface area contributed by atoms with Crippen LogP contribution in [-0.4, -0.2) is 43.5 Å². The van der Waals surface area contributed by atoms with Gasteiger partial charge in [0.15, 0.2) is 0 Å². The standard InChI is InChI=1S/C22H28N2O3S/c1-15(2)14-24-20(18-10-6-13-28-18)19(21(25)23-11-7-12-27-3)16-8-4-5-9-17(16)22(24)26/h4-6,8-10,13,15,19-20H,7,11-12,14H2,1-3H3,(H,23,25)/t19-,20+/m0/s1. The van der Waals surface area contributed by atoms with Gasteiger partial charge in [-0.1, -0.05) is 38.1 Å². The average Bonchev–Trinajstić information content (AvgIpc) is 3.21. The van der Waals surface area contributed by atoms with Gasteiger partial charge in [0, 0.05) is 37.2 Å². The maximum Gasteiger partial charge on any atom is 0.254 e. The van der Waals surface area contributed by atoms with Gasteiger partial charge in [-0.05, 0) is 35.4 Å². The number of carbonyl (C=O) groups excluding carboxylic acids is 2. The summed E-state index contributed by atoms with van der Waals surface area (Å²) in [7, 11) is 1.65. The van der Waals surface area contributed by atoms with E-state index in [9.17, 15) is 9.59 Å². The summed E-state index contributed by atoms with van der Waals surface area (Å²) in [6.07, 6.45) is 0.759. The maximum atomic E-state index is 13.3. The van der Waals surface area contributed by atoms with Crippen molar-refractivity contribution >= 4 is 23.2 Å². The van der Waals surface area contributed by atoms with E-state index in [0.29, 0.717) is 31.2 Å². The van der Waals surface area contributed by atoms with E-state index in [1.165, 1.54) is 0 Å². The molecule has 2 amide bonds. The van der Waals surface area contributed by atoms with Crippen LogP contribution in [0.15, 0.2) is 41.8 Å². The van der Waals surface area contributed by atoms with Gasteiger partial charge in [0.25, 0.3) is 5.91 Å². The molecule has 0 fully saturated rings. The highest BCUT2D eigenvalue weighted by Gasteiger charge is 2.44. The molecule has 0 aliphatic carbocycles. The number of ether oxygens (including phenoxy) is 1. The summed E-state index contributed by atoms with van der Waals surface area (Å²) < 4.78 is 5.08. The second-order valence-electron chi connectivity index (χ2n) is 7.51. The van der Waals surface area contributed by atoms with Crippen LogP contribution in [0.4, 0.5) is 0 Å². The van der Waals surface area contributed by atoms with Crippen LogP contribution in [0.2, 0.25) is 0 Å². The third-order valence-corrected chi connectivity index (χ3v) is 5.89. The number of rotatable bonds is 8. The minimum atomic E-state index is -0.422. The first-order chi connectivity index (χ1) is 13.5. The Hall–Kier alpha value is -2.18. The van der Waals surface area contributed by atoms with E-state index in [1.54, 1.807) is 18.4 Å². The summed E-state index contributed by atoms with van der Waals surface area (Å²) in [5, 5.41) is 5.06. The number of methoxy groups -OCH3 is 1. The molecule has 1 aromatic heterocycles. The van der Waals surface area contributed by atoms with E-state index < -0.39 is 5.92 Å². The van der Waals surface area contributed by atoms with Gasteiger partial charge < -0.3 is 15.0 Å². The van der Waals surface area contributed by atoms with Crippen molar-refractivity contribution in [2.75, 3.05) is 26.8 Å². The number of hydrogen-bond acceptors (Lipinski definition) is 4. The van der Waals surface area contributed by atoms with Crippen LogP contribution in [-0.2, 0) is 9.53 Å². The minimum absolute atomic E-state index is 0.00568. The van der Waals surface area contributed by atoms with E-state index in [2.05, 4.69) is 19.2 Å². The fraction of sp³-hybridized carbons (Fsp3) is 0.455. The first-order valence-electron chi connectivity index (χ1n) is 9.74. The molecule has 0 saturated heterocycles. The lowest BCUT2D eigenvalue weighted by Gasteiger charge is -2.42. The Balaban J connectivity index is 2.02. The van der Waals surface area contributed by atoms with Crippen LogP contribution in [0.5, 0.6) is 0 Å². The van der Waals surface area contributed by atoms with Crippen molar-refractivity contribution in [1.82, 2.24) is 10.2 Å². The van der Waals surface area contributed by atoms with Crippen LogP contribution in [0.3, 0.4) is 0 Å². The summed E-state index contributed by atoms with van der Waals surface area (Å²) in [5.74, 6) is -0.148. The Morgan fingerprint density at radius 1 is 1.25 bits per heavy atom. The maximum absolute atomic E-state index is 13.3. The Labute approximate surface area is 170 Å². The predicted octanol–water partition coefficient (Wildman–Crippen LogP) is 3.84. The molecule has 6 heteroatoms.